The maximum absolute atomic E-state index is 12.5. The van der Waals surface area contributed by atoms with E-state index in [2.05, 4.69) is 33.0 Å². The lowest BCUT2D eigenvalue weighted by atomic mass is 9.66. The molecule has 0 saturated heterocycles. The number of hydrogen-bond acceptors (Lipinski definition) is 3. The molecular weight excluding hydrogens is 298 g/mol. The van der Waals surface area contributed by atoms with Gasteiger partial charge in [0, 0.05) is 41.3 Å². The van der Waals surface area contributed by atoms with Gasteiger partial charge in [-0.1, -0.05) is 34.6 Å². The van der Waals surface area contributed by atoms with Crippen LogP contribution in [0.3, 0.4) is 0 Å². The molecule has 0 saturated carbocycles. The van der Waals surface area contributed by atoms with Crippen LogP contribution in [0, 0.1) is 16.7 Å². The zero-order valence-corrected chi connectivity index (χ0v) is 14.9. The molecule has 1 heterocycles. The van der Waals surface area contributed by atoms with E-state index in [9.17, 15) is 9.59 Å². The number of allylic oxidation sites excluding steroid dienone is 4. The van der Waals surface area contributed by atoms with Gasteiger partial charge < -0.3 is 5.32 Å². The first-order valence-corrected chi connectivity index (χ1v) is 7.89. The number of rotatable bonds is 0. The SMILES string of the molecule is CC1C2=C(CC(C)(C)CC2=O)NC2=C1C(=O)CC(C)(C)C2.Cl. The smallest absolute Gasteiger partial charge is 0.161 e. The largest absolute Gasteiger partial charge is 0.362 e. The van der Waals surface area contributed by atoms with Crippen LogP contribution in [-0.2, 0) is 9.59 Å². The highest BCUT2D eigenvalue weighted by Crippen LogP contribution is 2.47. The van der Waals surface area contributed by atoms with Gasteiger partial charge in [-0.15, -0.1) is 12.4 Å². The first kappa shape index (κ1) is 17.3. The number of carbonyl (C=O) groups excluding carboxylic acids is 2. The van der Waals surface area contributed by atoms with Crippen molar-refractivity contribution in [2.75, 3.05) is 0 Å². The van der Waals surface area contributed by atoms with Crippen LogP contribution in [0.4, 0.5) is 0 Å². The molecule has 4 heteroatoms. The summed E-state index contributed by atoms with van der Waals surface area (Å²) in [6, 6.07) is 0. The average Bonchev–Trinajstić information content (AvgIpc) is 2.22. The van der Waals surface area contributed by atoms with Crippen LogP contribution in [0.15, 0.2) is 22.5 Å². The Balaban J connectivity index is 0.00000176. The third-order valence-electron chi connectivity index (χ3n) is 5.01. The third kappa shape index (κ3) is 2.76. The zero-order valence-electron chi connectivity index (χ0n) is 14.1. The van der Waals surface area contributed by atoms with Gasteiger partial charge in [-0.3, -0.25) is 9.59 Å². The molecule has 0 fully saturated rings. The predicted octanol–water partition coefficient (Wildman–Crippen LogP) is 3.93. The third-order valence-corrected chi connectivity index (χ3v) is 5.01. The fourth-order valence-electron chi connectivity index (χ4n) is 4.22. The van der Waals surface area contributed by atoms with Crippen molar-refractivity contribution in [2.24, 2.45) is 16.7 Å². The van der Waals surface area contributed by atoms with E-state index in [4.69, 9.17) is 0 Å². The van der Waals surface area contributed by atoms with Gasteiger partial charge in [-0.25, -0.2) is 0 Å². The van der Waals surface area contributed by atoms with E-state index in [1.165, 1.54) is 0 Å². The van der Waals surface area contributed by atoms with Gasteiger partial charge in [0.2, 0.25) is 0 Å². The molecule has 3 nitrogen and oxygen atoms in total. The molecule has 0 radical (unpaired) electrons. The Kier molecular flexibility index (Phi) is 4.10. The Morgan fingerprint density at radius 2 is 1.18 bits per heavy atom. The molecule has 0 spiro atoms. The second kappa shape index (κ2) is 5.23. The standard InChI is InChI=1S/C18H25NO2.ClH/c1-10-15-11(6-17(2,3)8-13(15)20)19-12-7-18(4,5)9-14(21)16(10)12;/h10,19H,6-9H2,1-5H3;1H. The number of halogens is 1. The zero-order chi connectivity index (χ0) is 15.6. The summed E-state index contributed by atoms with van der Waals surface area (Å²) < 4.78 is 0. The van der Waals surface area contributed by atoms with Crippen LogP contribution >= 0.6 is 12.4 Å². The summed E-state index contributed by atoms with van der Waals surface area (Å²) in [6.45, 7) is 10.6. The highest BCUT2D eigenvalue weighted by atomic mass is 35.5. The summed E-state index contributed by atoms with van der Waals surface area (Å²) in [5, 5.41) is 3.48. The first-order valence-electron chi connectivity index (χ1n) is 7.89. The Morgan fingerprint density at radius 1 is 0.818 bits per heavy atom. The molecule has 0 aromatic carbocycles. The maximum atomic E-state index is 12.5. The summed E-state index contributed by atoms with van der Waals surface area (Å²) in [7, 11) is 0. The fourth-order valence-corrected chi connectivity index (χ4v) is 4.22. The van der Waals surface area contributed by atoms with Gasteiger partial charge >= 0.3 is 0 Å². The summed E-state index contributed by atoms with van der Waals surface area (Å²) in [5.41, 5.74) is 3.87. The summed E-state index contributed by atoms with van der Waals surface area (Å²) in [5.74, 6) is 0.388. The summed E-state index contributed by atoms with van der Waals surface area (Å²) in [6.07, 6.45) is 2.95. The number of ketones is 2. The van der Waals surface area contributed by atoms with E-state index >= 15 is 0 Å². The number of dihydropyridines is 1. The number of Topliss-reactive ketones (excluding diaryl/α,β-unsaturated/α-hetero) is 2. The molecule has 2 aliphatic carbocycles. The van der Waals surface area contributed by atoms with Gasteiger partial charge in [-0.2, -0.15) is 0 Å². The van der Waals surface area contributed by atoms with Crippen molar-refractivity contribution in [3.05, 3.63) is 22.5 Å². The lowest BCUT2D eigenvalue weighted by Gasteiger charge is -2.42. The second-order valence-electron chi connectivity index (χ2n) is 8.51. The van der Waals surface area contributed by atoms with Gasteiger partial charge in [0.05, 0.1) is 0 Å². The molecule has 0 aromatic rings. The topological polar surface area (TPSA) is 46.2 Å². The molecule has 22 heavy (non-hydrogen) atoms. The maximum Gasteiger partial charge on any atom is 0.161 e. The van der Waals surface area contributed by atoms with Gasteiger partial charge in [0.1, 0.15) is 0 Å². The van der Waals surface area contributed by atoms with Crippen LogP contribution in [0.2, 0.25) is 0 Å². The molecule has 1 aliphatic heterocycles. The number of nitrogens with one attached hydrogen (secondary N) is 1. The first-order chi connectivity index (χ1) is 9.60. The molecule has 122 valence electrons. The lowest BCUT2D eigenvalue weighted by Crippen LogP contribution is -2.42. The van der Waals surface area contributed by atoms with Crippen molar-refractivity contribution < 1.29 is 9.59 Å². The normalized spacial score (nSPS) is 27.0. The van der Waals surface area contributed by atoms with Gasteiger partial charge in [0.25, 0.3) is 0 Å². The van der Waals surface area contributed by atoms with Crippen LogP contribution in [-0.4, -0.2) is 11.6 Å². The Labute approximate surface area is 139 Å². The van der Waals surface area contributed by atoms with E-state index in [1.54, 1.807) is 0 Å². The minimum atomic E-state index is -0.0385. The lowest BCUT2D eigenvalue weighted by molar-refractivity contribution is -0.119. The summed E-state index contributed by atoms with van der Waals surface area (Å²) >= 11 is 0. The molecule has 0 bridgehead atoms. The molecule has 0 unspecified atom stereocenters. The number of hydrogen-bond donors (Lipinski definition) is 1. The Bertz CT molecular complexity index is 559. The summed E-state index contributed by atoms with van der Waals surface area (Å²) in [4.78, 5) is 25.1. The fraction of sp³-hybridized carbons (Fsp3) is 0.667. The van der Waals surface area contributed by atoms with E-state index in [-0.39, 0.29) is 40.7 Å². The van der Waals surface area contributed by atoms with Crippen molar-refractivity contribution in [3.63, 3.8) is 0 Å². The van der Waals surface area contributed by atoms with Crippen molar-refractivity contribution >= 4 is 24.0 Å². The van der Waals surface area contributed by atoms with E-state index in [0.29, 0.717) is 12.8 Å². The van der Waals surface area contributed by atoms with Crippen molar-refractivity contribution in [2.45, 2.75) is 60.3 Å². The van der Waals surface area contributed by atoms with Gasteiger partial charge in [0.15, 0.2) is 11.6 Å². The minimum Gasteiger partial charge on any atom is -0.362 e. The molecule has 3 rings (SSSR count). The van der Waals surface area contributed by atoms with E-state index in [0.717, 1.165) is 35.4 Å². The highest BCUT2D eigenvalue weighted by molar-refractivity contribution is 6.05. The van der Waals surface area contributed by atoms with Crippen LogP contribution < -0.4 is 5.32 Å². The average molecular weight is 324 g/mol. The predicted molar refractivity (Wildman–Crippen MR) is 89.6 cm³/mol. The van der Waals surface area contributed by atoms with E-state index in [1.807, 2.05) is 6.92 Å². The minimum absolute atomic E-state index is 0. The molecule has 3 aliphatic rings. The van der Waals surface area contributed by atoms with Crippen LogP contribution in [0.5, 0.6) is 0 Å². The van der Waals surface area contributed by atoms with Crippen molar-refractivity contribution in [3.8, 4) is 0 Å². The molecule has 0 aromatic heterocycles. The monoisotopic (exact) mass is 323 g/mol. The number of carbonyl (C=O) groups is 2. The van der Waals surface area contributed by atoms with Crippen LogP contribution in [0.1, 0.15) is 60.3 Å². The molecule has 1 N–H and O–H groups in total. The second-order valence-corrected chi connectivity index (χ2v) is 8.51. The van der Waals surface area contributed by atoms with E-state index < -0.39 is 0 Å². The van der Waals surface area contributed by atoms with Crippen molar-refractivity contribution in [1.29, 1.82) is 0 Å². The van der Waals surface area contributed by atoms with Crippen molar-refractivity contribution in [1.82, 2.24) is 5.32 Å². The Morgan fingerprint density at radius 3 is 1.55 bits per heavy atom. The molecule has 0 amide bonds. The quantitative estimate of drug-likeness (QED) is 0.734. The molecular formula is C18H26ClNO2. The van der Waals surface area contributed by atoms with Gasteiger partial charge in [-0.05, 0) is 23.7 Å². The van der Waals surface area contributed by atoms with Crippen LogP contribution in [0.25, 0.3) is 0 Å². The molecule has 0 atom stereocenters. The highest BCUT2D eigenvalue weighted by Gasteiger charge is 2.44. The Hall–Kier alpha value is -1.09.